The van der Waals surface area contributed by atoms with E-state index in [-0.39, 0.29) is 19.2 Å². The summed E-state index contributed by atoms with van der Waals surface area (Å²) in [6, 6.07) is 6.82. The molecule has 0 spiro atoms. The molecule has 5 heteroatoms. The van der Waals surface area contributed by atoms with Gasteiger partial charge in [-0.25, -0.2) is 9.38 Å². The van der Waals surface area contributed by atoms with Crippen molar-refractivity contribution in [3.63, 3.8) is 0 Å². The molecule has 1 aromatic carbocycles. The number of hydrogen-bond donors (Lipinski definition) is 1. The van der Waals surface area contributed by atoms with Gasteiger partial charge in [-0.05, 0) is 12.5 Å². The van der Waals surface area contributed by atoms with Crippen LogP contribution in [0.2, 0.25) is 0 Å². The van der Waals surface area contributed by atoms with Gasteiger partial charge in [0.2, 0.25) is 0 Å². The minimum absolute atomic E-state index is 0. The van der Waals surface area contributed by atoms with Gasteiger partial charge in [-0.15, -0.1) is 0 Å². The zero-order chi connectivity index (χ0) is 13.5. The molecule has 0 saturated carbocycles. The molecule has 20 heavy (non-hydrogen) atoms. The fraction of sp³-hybridized carbons (Fsp3) is 0.533. The monoisotopic (exact) mass is 296 g/mol. The number of nitrogens with two attached hydrogens (primary N) is 1. The van der Waals surface area contributed by atoms with Crippen LogP contribution in [0.5, 0.6) is 0 Å². The van der Waals surface area contributed by atoms with Crippen LogP contribution >= 0.6 is 11.8 Å². The third-order valence-electron chi connectivity index (χ3n) is 4.03. The molecule has 1 saturated heterocycles. The first-order valence-corrected chi connectivity index (χ1v) is 7.36. The van der Waals surface area contributed by atoms with Crippen LogP contribution in [-0.2, 0) is 10.3 Å². The standard InChI is InChI=1S/C14H17FN2OS.CH4/c1-9-10-6-7-18-8-14(10,17-13(16)19-9)11-4-2-3-5-12(11)15;/h2-5,9-10H,6-8H2,1H3,(H2,16,17);1H4/t9-,10+,14+;/m1./s1. The third-order valence-corrected chi connectivity index (χ3v) is 5.07. The Bertz CT molecular complexity index is 522. The normalized spacial score (nSPS) is 32.8. The second kappa shape index (κ2) is 5.74. The summed E-state index contributed by atoms with van der Waals surface area (Å²) in [7, 11) is 0. The Hall–Kier alpha value is -1.07. The highest BCUT2D eigenvalue weighted by Gasteiger charge is 2.49. The molecule has 1 aromatic rings. The molecule has 3 rings (SSSR count). The maximum atomic E-state index is 14.2. The van der Waals surface area contributed by atoms with Gasteiger partial charge in [0, 0.05) is 23.3 Å². The summed E-state index contributed by atoms with van der Waals surface area (Å²) in [6.45, 7) is 3.25. The van der Waals surface area contributed by atoms with Crippen LogP contribution in [0, 0.1) is 11.7 Å². The van der Waals surface area contributed by atoms with Crippen LogP contribution in [0.4, 0.5) is 4.39 Å². The molecule has 1 fully saturated rings. The van der Waals surface area contributed by atoms with E-state index in [1.807, 2.05) is 6.07 Å². The zero-order valence-electron chi connectivity index (χ0n) is 10.8. The van der Waals surface area contributed by atoms with Crippen molar-refractivity contribution >= 4 is 16.9 Å². The lowest BCUT2D eigenvalue weighted by Gasteiger charge is -2.46. The molecule has 2 N–H and O–H groups in total. The van der Waals surface area contributed by atoms with Crippen LogP contribution in [0.1, 0.15) is 26.3 Å². The lowest BCUT2D eigenvalue weighted by Crippen LogP contribution is -2.50. The topological polar surface area (TPSA) is 47.6 Å². The van der Waals surface area contributed by atoms with Crippen molar-refractivity contribution in [2.24, 2.45) is 16.6 Å². The highest BCUT2D eigenvalue weighted by atomic mass is 32.2. The molecule has 2 aliphatic rings. The first-order valence-electron chi connectivity index (χ1n) is 6.48. The van der Waals surface area contributed by atoms with Crippen molar-refractivity contribution in [1.29, 1.82) is 0 Å². The molecular weight excluding hydrogens is 275 g/mol. The van der Waals surface area contributed by atoms with Gasteiger partial charge in [-0.3, -0.25) is 0 Å². The summed E-state index contributed by atoms with van der Waals surface area (Å²) < 4.78 is 19.8. The average molecular weight is 296 g/mol. The Morgan fingerprint density at radius 2 is 2.20 bits per heavy atom. The second-order valence-electron chi connectivity index (χ2n) is 5.12. The van der Waals surface area contributed by atoms with Gasteiger partial charge in [-0.2, -0.15) is 0 Å². The number of amidine groups is 1. The highest BCUT2D eigenvalue weighted by Crippen LogP contribution is 2.48. The Morgan fingerprint density at radius 1 is 1.45 bits per heavy atom. The number of aliphatic imine (C=N–C) groups is 1. The molecule has 0 unspecified atom stereocenters. The maximum Gasteiger partial charge on any atom is 0.155 e. The molecule has 0 radical (unpaired) electrons. The molecule has 0 aromatic heterocycles. The number of ether oxygens (including phenoxy) is 1. The van der Waals surface area contributed by atoms with E-state index in [0.29, 0.717) is 29.2 Å². The smallest absolute Gasteiger partial charge is 0.155 e. The van der Waals surface area contributed by atoms with Gasteiger partial charge >= 0.3 is 0 Å². The number of fused-ring (bicyclic) bond motifs is 1. The van der Waals surface area contributed by atoms with E-state index < -0.39 is 5.54 Å². The predicted octanol–water partition coefficient (Wildman–Crippen LogP) is 3.14. The van der Waals surface area contributed by atoms with E-state index in [1.54, 1.807) is 23.9 Å². The van der Waals surface area contributed by atoms with Crippen LogP contribution in [0.3, 0.4) is 0 Å². The molecule has 0 bridgehead atoms. The molecule has 3 atom stereocenters. The predicted molar refractivity (Wildman–Crippen MR) is 82.4 cm³/mol. The first-order chi connectivity index (χ1) is 9.13. The molecule has 0 aliphatic carbocycles. The van der Waals surface area contributed by atoms with Gasteiger partial charge in [0.15, 0.2) is 5.17 Å². The largest absolute Gasteiger partial charge is 0.379 e. The Kier molecular flexibility index (Phi) is 4.39. The van der Waals surface area contributed by atoms with E-state index in [0.717, 1.165) is 6.42 Å². The average Bonchev–Trinajstić information content (AvgIpc) is 2.38. The fourth-order valence-corrected chi connectivity index (χ4v) is 4.29. The minimum atomic E-state index is -0.654. The van der Waals surface area contributed by atoms with Crippen LogP contribution < -0.4 is 5.73 Å². The summed E-state index contributed by atoms with van der Waals surface area (Å²) >= 11 is 1.58. The van der Waals surface area contributed by atoms with Crippen molar-refractivity contribution in [2.75, 3.05) is 13.2 Å². The molecule has 2 aliphatic heterocycles. The van der Waals surface area contributed by atoms with Crippen molar-refractivity contribution in [3.05, 3.63) is 35.6 Å². The number of benzene rings is 1. The number of nitrogens with zero attached hydrogens (tertiary/aromatic N) is 1. The van der Waals surface area contributed by atoms with Gasteiger partial charge in [0.25, 0.3) is 0 Å². The SMILES string of the molecule is C.C[C@H]1SC(N)=N[C@@]2(c3ccccc3F)COCC[C@@H]12. The summed E-state index contributed by atoms with van der Waals surface area (Å²) in [5.41, 5.74) is 5.89. The van der Waals surface area contributed by atoms with E-state index in [1.165, 1.54) is 6.07 Å². The highest BCUT2D eigenvalue weighted by molar-refractivity contribution is 8.14. The Labute approximate surface area is 123 Å². The van der Waals surface area contributed by atoms with Crippen molar-refractivity contribution < 1.29 is 9.13 Å². The van der Waals surface area contributed by atoms with E-state index in [4.69, 9.17) is 10.5 Å². The van der Waals surface area contributed by atoms with Gasteiger partial charge < -0.3 is 10.5 Å². The fourth-order valence-electron chi connectivity index (χ4n) is 3.17. The Balaban J connectivity index is 0.00000147. The van der Waals surface area contributed by atoms with E-state index in [9.17, 15) is 4.39 Å². The first kappa shape index (κ1) is 15.3. The minimum Gasteiger partial charge on any atom is -0.379 e. The van der Waals surface area contributed by atoms with Crippen LogP contribution in [-0.4, -0.2) is 23.6 Å². The molecular formula is C15H21FN2OS. The van der Waals surface area contributed by atoms with Crippen molar-refractivity contribution in [3.8, 4) is 0 Å². The number of hydrogen-bond acceptors (Lipinski definition) is 4. The molecule has 0 amide bonds. The van der Waals surface area contributed by atoms with E-state index >= 15 is 0 Å². The number of halogens is 1. The summed E-state index contributed by atoms with van der Waals surface area (Å²) in [6.07, 6.45) is 0.888. The van der Waals surface area contributed by atoms with Gasteiger partial charge in [-0.1, -0.05) is 44.3 Å². The summed E-state index contributed by atoms with van der Waals surface area (Å²) in [4.78, 5) is 4.61. The van der Waals surface area contributed by atoms with Crippen LogP contribution in [0.15, 0.2) is 29.3 Å². The maximum absolute atomic E-state index is 14.2. The number of rotatable bonds is 1. The lowest BCUT2D eigenvalue weighted by atomic mass is 9.74. The zero-order valence-corrected chi connectivity index (χ0v) is 11.6. The molecule has 110 valence electrons. The number of thioether (sulfide) groups is 1. The molecule has 2 heterocycles. The quantitative estimate of drug-likeness (QED) is 0.866. The Morgan fingerprint density at radius 3 is 2.95 bits per heavy atom. The lowest BCUT2D eigenvalue weighted by molar-refractivity contribution is -0.00420. The van der Waals surface area contributed by atoms with Crippen molar-refractivity contribution in [1.82, 2.24) is 0 Å². The van der Waals surface area contributed by atoms with Crippen molar-refractivity contribution in [2.45, 2.75) is 31.6 Å². The van der Waals surface area contributed by atoms with Gasteiger partial charge in [0.1, 0.15) is 11.4 Å². The molecule has 3 nitrogen and oxygen atoms in total. The summed E-state index contributed by atoms with van der Waals surface area (Å²) in [5, 5.41) is 0.846. The second-order valence-corrected chi connectivity index (χ2v) is 6.52. The third kappa shape index (κ3) is 2.33. The van der Waals surface area contributed by atoms with Gasteiger partial charge in [0.05, 0.1) is 6.61 Å². The summed E-state index contributed by atoms with van der Waals surface area (Å²) in [5.74, 6) is 0.0316. The van der Waals surface area contributed by atoms with Crippen LogP contribution in [0.25, 0.3) is 0 Å². The van der Waals surface area contributed by atoms with E-state index in [2.05, 4.69) is 11.9 Å².